The largest absolute Gasteiger partial charge is 0.629 e. The molecule has 0 fully saturated rings. The van der Waals surface area contributed by atoms with Crippen molar-refractivity contribution in [3.05, 3.63) is 42.2 Å². The second-order valence-corrected chi connectivity index (χ2v) is 7.98. The van der Waals surface area contributed by atoms with E-state index in [-0.39, 0.29) is 5.48 Å². The summed E-state index contributed by atoms with van der Waals surface area (Å²) >= 11 is 0. The van der Waals surface area contributed by atoms with Gasteiger partial charge < -0.3 is 19.2 Å². The van der Waals surface area contributed by atoms with E-state index in [0.717, 1.165) is 18.4 Å². The average molecular weight is 324 g/mol. The topological polar surface area (TPSA) is 52.5 Å². The molecule has 0 aromatic heterocycles. The lowest BCUT2D eigenvalue weighted by Crippen LogP contribution is -2.39. The van der Waals surface area contributed by atoms with Crippen molar-refractivity contribution in [3.8, 4) is 0 Å². The van der Waals surface area contributed by atoms with Crippen LogP contribution in [0.25, 0.3) is 6.08 Å². The van der Waals surface area contributed by atoms with Crippen molar-refractivity contribution in [1.29, 1.82) is 0 Å². The van der Waals surface area contributed by atoms with E-state index in [0.29, 0.717) is 23.8 Å². The maximum atomic E-state index is 11.9. The van der Waals surface area contributed by atoms with E-state index in [1.165, 1.54) is 0 Å². The van der Waals surface area contributed by atoms with Crippen molar-refractivity contribution in [2.24, 2.45) is 0 Å². The third-order valence-corrected chi connectivity index (χ3v) is 4.37. The number of likely N-dealkylation sites (N-methyl/N-ethyl adjacent to an activating group) is 1. The van der Waals surface area contributed by atoms with Gasteiger partial charge in [0.25, 0.3) is 5.48 Å². The lowest BCUT2D eigenvalue weighted by molar-refractivity contribution is -0.861. The zero-order valence-electron chi connectivity index (χ0n) is 13.7. The second kappa shape index (κ2) is 9.75. The summed E-state index contributed by atoms with van der Waals surface area (Å²) in [7, 11) is 4.26. The molecule has 0 aliphatic heterocycles. The molecule has 22 heavy (non-hydrogen) atoms. The summed E-state index contributed by atoms with van der Waals surface area (Å²) in [4.78, 5) is 11.9. The molecule has 5 heteroatoms. The molecular formula is C17H27NO3P+. The van der Waals surface area contributed by atoms with Crippen LogP contribution in [0.3, 0.4) is 0 Å². The van der Waals surface area contributed by atoms with Gasteiger partial charge in [0.05, 0.1) is 41.8 Å². The number of hydrogen-bond acceptors (Lipinski definition) is 2. The molecule has 0 heterocycles. The molecule has 0 radical (unpaired) electrons. The Hall–Kier alpha value is -1.19. The summed E-state index contributed by atoms with van der Waals surface area (Å²) in [5.41, 5.74) is 1.22. The Kier molecular flexibility index (Phi) is 8.36. The Morgan fingerprint density at radius 3 is 2.55 bits per heavy atom. The molecule has 0 saturated heterocycles. The number of aliphatic hydroxyl groups is 1. The minimum absolute atomic E-state index is 0.118. The normalized spacial score (nSPS) is 13.3. The highest BCUT2D eigenvalue weighted by Gasteiger charge is 2.16. The predicted octanol–water partition coefficient (Wildman–Crippen LogP) is 2.42. The quantitative estimate of drug-likeness (QED) is 0.328. The number of rotatable bonds is 9. The standard InChI is InChI=1S/C17H26NO3P/c1-18(2,3)15-17(19)22(20)14-8-7-12-21-13-11-16-9-5-4-6-10-16/h4-6,9-11,13H,7-8,12,14-15H2,1-3H3/p+1. The molecule has 122 valence electrons. The predicted molar refractivity (Wildman–Crippen MR) is 92.3 cm³/mol. The average Bonchev–Trinajstić information content (AvgIpc) is 2.45. The fourth-order valence-electron chi connectivity index (χ4n) is 1.83. The molecule has 0 aliphatic rings. The van der Waals surface area contributed by atoms with Crippen LogP contribution >= 0.6 is 7.77 Å². The number of nitrogens with zero attached hydrogens (tertiary/aromatic N) is 1. The molecule has 1 N–H and O–H groups in total. The number of benzene rings is 1. The van der Waals surface area contributed by atoms with Crippen molar-refractivity contribution < 1.29 is 19.2 Å². The molecule has 1 unspecified atom stereocenters. The van der Waals surface area contributed by atoms with Crippen LogP contribution in [0.5, 0.6) is 0 Å². The Morgan fingerprint density at radius 1 is 1.23 bits per heavy atom. The summed E-state index contributed by atoms with van der Waals surface area (Å²) in [5, 5.41) is 9.80. The van der Waals surface area contributed by atoms with Crippen molar-refractivity contribution in [2.75, 3.05) is 40.5 Å². The van der Waals surface area contributed by atoms with Crippen molar-refractivity contribution in [2.45, 2.75) is 12.8 Å². The molecule has 1 aromatic rings. The minimum Gasteiger partial charge on any atom is -0.629 e. The molecule has 0 saturated carbocycles. The van der Waals surface area contributed by atoms with Crippen LogP contribution in [0, 0.1) is 0 Å². The van der Waals surface area contributed by atoms with Crippen LogP contribution in [0.1, 0.15) is 18.4 Å². The summed E-state index contributed by atoms with van der Waals surface area (Å²) in [6.45, 7) is 1.04. The number of ether oxygens (including phenoxy) is 1. The van der Waals surface area contributed by atoms with Crippen LogP contribution in [0.2, 0.25) is 0 Å². The van der Waals surface area contributed by atoms with Gasteiger partial charge in [-0.1, -0.05) is 30.3 Å². The van der Waals surface area contributed by atoms with Crippen LogP contribution in [0.15, 0.2) is 36.6 Å². The molecule has 0 amide bonds. The van der Waals surface area contributed by atoms with E-state index in [1.54, 1.807) is 6.26 Å². The fourth-order valence-corrected chi connectivity index (χ4v) is 3.18. The first-order chi connectivity index (χ1) is 10.4. The summed E-state index contributed by atoms with van der Waals surface area (Å²) < 4.78 is 6.00. The van der Waals surface area contributed by atoms with Gasteiger partial charge in [-0.05, 0) is 24.5 Å². The van der Waals surface area contributed by atoms with E-state index in [4.69, 9.17) is 4.74 Å². The van der Waals surface area contributed by atoms with E-state index < -0.39 is 7.77 Å². The highest BCUT2D eigenvalue weighted by molar-refractivity contribution is 7.51. The summed E-state index contributed by atoms with van der Waals surface area (Å²) in [5.74, 6) is 0. The lowest BCUT2D eigenvalue weighted by atomic mass is 10.2. The van der Waals surface area contributed by atoms with Crippen LogP contribution in [-0.4, -0.2) is 55.5 Å². The first-order valence-corrected chi connectivity index (χ1v) is 8.96. The first kappa shape index (κ1) is 18.9. The van der Waals surface area contributed by atoms with Crippen LogP contribution in [0.4, 0.5) is 0 Å². The smallest absolute Gasteiger partial charge is 0.273 e. The maximum Gasteiger partial charge on any atom is 0.273 e. The monoisotopic (exact) mass is 324 g/mol. The van der Waals surface area contributed by atoms with Crippen molar-refractivity contribution in [3.63, 3.8) is 0 Å². The first-order valence-electron chi connectivity index (χ1n) is 7.51. The third-order valence-electron chi connectivity index (χ3n) is 2.93. The summed E-state index contributed by atoms with van der Waals surface area (Å²) in [6, 6.07) is 9.96. The van der Waals surface area contributed by atoms with Crippen molar-refractivity contribution >= 4 is 19.3 Å². The Bertz CT molecular complexity index is 492. The highest BCUT2D eigenvalue weighted by atomic mass is 31.1. The Balaban J connectivity index is 2.17. The van der Waals surface area contributed by atoms with Gasteiger partial charge in [0.15, 0.2) is 6.54 Å². The maximum absolute atomic E-state index is 11.9. The number of hydrogen-bond donors (Lipinski definition) is 1. The molecule has 0 spiro atoms. The molecule has 1 rings (SSSR count). The van der Waals surface area contributed by atoms with Crippen molar-refractivity contribution in [1.82, 2.24) is 0 Å². The van der Waals surface area contributed by atoms with E-state index in [1.807, 2.05) is 57.6 Å². The number of unbranched alkanes of at least 4 members (excludes halogenated alkanes) is 1. The molecule has 1 aromatic carbocycles. The lowest BCUT2D eigenvalue weighted by Gasteiger charge is -2.22. The number of aliphatic hydroxyl groups excluding tert-OH is 1. The molecule has 0 aliphatic carbocycles. The molecule has 4 nitrogen and oxygen atoms in total. The molecule has 1 atom stereocenters. The highest BCUT2D eigenvalue weighted by Crippen LogP contribution is 2.16. The van der Waals surface area contributed by atoms with E-state index in [2.05, 4.69) is 0 Å². The van der Waals surface area contributed by atoms with Gasteiger partial charge in [-0.2, -0.15) is 0 Å². The fraction of sp³-hybridized carbons (Fsp3) is 0.471. The van der Waals surface area contributed by atoms with Gasteiger partial charge in [0.1, 0.15) is 6.16 Å². The van der Waals surface area contributed by atoms with E-state index in [9.17, 15) is 10.00 Å². The van der Waals surface area contributed by atoms with Crippen LogP contribution < -0.4 is 4.89 Å². The zero-order valence-corrected chi connectivity index (χ0v) is 14.6. The van der Waals surface area contributed by atoms with Gasteiger partial charge in [-0.15, -0.1) is 0 Å². The van der Waals surface area contributed by atoms with Crippen LogP contribution in [-0.2, 0) is 4.74 Å². The van der Waals surface area contributed by atoms with Gasteiger partial charge in [-0.25, -0.2) is 0 Å². The van der Waals surface area contributed by atoms with Gasteiger partial charge in [0, 0.05) is 0 Å². The third kappa shape index (κ3) is 8.96. The minimum atomic E-state index is -1.63. The molecule has 0 bridgehead atoms. The summed E-state index contributed by atoms with van der Waals surface area (Å²) in [6.07, 6.45) is 5.75. The van der Waals surface area contributed by atoms with E-state index >= 15 is 0 Å². The second-order valence-electron chi connectivity index (χ2n) is 6.26. The molecular weight excluding hydrogens is 297 g/mol. The van der Waals surface area contributed by atoms with Gasteiger partial charge in [-0.3, -0.25) is 0 Å². The Morgan fingerprint density at radius 2 is 1.91 bits per heavy atom. The SMILES string of the molecule is C[N+](C)(C)C/C(O)=[P+](\[O-])CCCCOC=Cc1ccccc1. The van der Waals surface area contributed by atoms with Gasteiger partial charge in [0.2, 0.25) is 0 Å². The van der Waals surface area contributed by atoms with Gasteiger partial charge >= 0.3 is 0 Å². The zero-order chi connectivity index (χ0) is 16.4. The Labute approximate surface area is 134 Å². The number of quaternary nitrogens is 1.